The van der Waals surface area contributed by atoms with Gasteiger partial charge in [-0.25, -0.2) is 0 Å². The van der Waals surface area contributed by atoms with Crippen molar-refractivity contribution >= 4 is 23.5 Å². The van der Waals surface area contributed by atoms with Crippen LogP contribution in [-0.4, -0.2) is 23.5 Å². The maximum atomic E-state index is 12.8. The summed E-state index contributed by atoms with van der Waals surface area (Å²) in [6.07, 6.45) is 1.56. The third kappa shape index (κ3) is 5.67. The first kappa shape index (κ1) is 21.5. The average molecular weight is 423 g/mol. The highest BCUT2D eigenvalue weighted by molar-refractivity contribution is 6.30. The van der Waals surface area contributed by atoms with E-state index in [2.05, 4.69) is 10.3 Å². The van der Waals surface area contributed by atoms with Crippen molar-refractivity contribution in [2.45, 2.75) is 26.3 Å². The fourth-order valence-corrected chi connectivity index (χ4v) is 3.20. The molecule has 0 aliphatic rings. The van der Waals surface area contributed by atoms with Crippen LogP contribution >= 0.6 is 11.6 Å². The molecule has 1 heterocycles. The number of pyridine rings is 1. The van der Waals surface area contributed by atoms with Gasteiger partial charge in [0, 0.05) is 16.8 Å². The minimum atomic E-state index is -0.537. The van der Waals surface area contributed by atoms with Crippen LogP contribution in [0.4, 0.5) is 0 Å². The first-order valence-electron chi connectivity index (χ1n) is 9.71. The van der Waals surface area contributed by atoms with Crippen molar-refractivity contribution in [3.05, 3.63) is 88.6 Å². The Bertz CT molecular complexity index is 1020. The SMILES string of the molecule is CCOC(=O)CC(NC(=O)c1ccc(-c2cccc(C)c2)nc1)c1ccc(Cl)cc1. The van der Waals surface area contributed by atoms with E-state index in [9.17, 15) is 9.59 Å². The highest BCUT2D eigenvalue weighted by atomic mass is 35.5. The minimum Gasteiger partial charge on any atom is -0.466 e. The standard InChI is InChI=1S/C24H23ClN2O3/c1-3-30-23(28)14-22(17-7-10-20(25)11-8-17)27-24(29)19-9-12-21(26-15-19)18-6-4-5-16(2)13-18/h4-13,15,22H,3,14H2,1-2H3,(H,27,29). The van der Waals surface area contributed by atoms with Gasteiger partial charge in [-0.15, -0.1) is 0 Å². The van der Waals surface area contributed by atoms with Gasteiger partial charge in [-0.05, 0) is 49.7 Å². The highest BCUT2D eigenvalue weighted by Gasteiger charge is 2.20. The number of hydrogen-bond donors (Lipinski definition) is 1. The van der Waals surface area contributed by atoms with Gasteiger partial charge in [0.25, 0.3) is 5.91 Å². The second-order valence-corrected chi connectivity index (χ2v) is 7.32. The molecule has 6 heteroatoms. The Labute approximate surface area is 181 Å². The lowest BCUT2D eigenvalue weighted by molar-refractivity contribution is -0.143. The fraction of sp³-hybridized carbons (Fsp3) is 0.208. The van der Waals surface area contributed by atoms with Crippen molar-refractivity contribution in [1.82, 2.24) is 10.3 Å². The molecule has 3 aromatic rings. The number of halogens is 1. The number of esters is 1. The molecule has 3 rings (SSSR count). The second kappa shape index (κ2) is 10.0. The van der Waals surface area contributed by atoms with Crippen LogP contribution in [0.15, 0.2) is 66.9 Å². The summed E-state index contributed by atoms with van der Waals surface area (Å²) in [5, 5.41) is 3.48. The van der Waals surface area contributed by atoms with Gasteiger partial charge in [-0.2, -0.15) is 0 Å². The number of ether oxygens (including phenoxy) is 1. The smallest absolute Gasteiger partial charge is 0.308 e. The predicted molar refractivity (Wildman–Crippen MR) is 117 cm³/mol. The summed E-state index contributed by atoms with van der Waals surface area (Å²) in [7, 11) is 0. The van der Waals surface area contributed by atoms with Gasteiger partial charge in [0.2, 0.25) is 0 Å². The molecular weight excluding hydrogens is 400 g/mol. The summed E-state index contributed by atoms with van der Waals surface area (Å²) >= 11 is 5.96. The number of benzene rings is 2. The predicted octanol–water partition coefficient (Wildman–Crippen LogP) is 5.13. The third-order valence-corrected chi connectivity index (χ3v) is 4.85. The van der Waals surface area contributed by atoms with Crippen LogP contribution in [0.3, 0.4) is 0 Å². The zero-order chi connectivity index (χ0) is 21.5. The minimum absolute atomic E-state index is 0.0238. The summed E-state index contributed by atoms with van der Waals surface area (Å²) in [6, 6.07) is 18.0. The zero-order valence-electron chi connectivity index (χ0n) is 16.9. The van der Waals surface area contributed by atoms with Gasteiger partial charge in [-0.1, -0.05) is 47.5 Å². The number of hydrogen-bond acceptors (Lipinski definition) is 4. The van der Waals surface area contributed by atoms with Crippen LogP contribution in [0.2, 0.25) is 5.02 Å². The van der Waals surface area contributed by atoms with Gasteiger partial charge < -0.3 is 10.1 Å². The Hall–Kier alpha value is -3.18. The highest BCUT2D eigenvalue weighted by Crippen LogP contribution is 2.22. The number of carbonyl (C=O) groups is 2. The molecule has 5 nitrogen and oxygen atoms in total. The molecule has 0 aliphatic carbocycles. The lowest BCUT2D eigenvalue weighted by atomic mass is 10.0. The maximum Gasteiger partial charge on any atom is 0.308 e. The quantitative estimate of drug-likeness (QED) is 0.535. The van der Waals surface area contributed by atoms with Crippen LogP contribution in [0, 0.1) is 6.92 Å². The monoisotopic (exact) mass is 422 g/mol. The number of rotatable bonds is 7. The van der Waals surface area contributed by atoms with E-state index >= 15 is 0 Å². The van der Waals surface area contributed by atoms with Crippen LogP contribution < -0.4 is 5.32 Å². The first-order chi connectivity index (χ1) is 14.5. The molecular formula is C24H23ClN2O3. The molecule has 0 saturated carbocycles. The third-order valence-electron chi connectivity index (χ3n) is 4.59. The Morgan fingerprint density at radius 2 is 1.87 bits per heavy atom. The van der Waals surface area contributed by atoms with Gasteiger partial charge in [0.15, 0.2) is 0 Å². The van der Waals surface area contributed by atoms with Crippen molar-refractivity contribution in [2.24, 2.45) is 0 Å². The second-order valence-electron chi connectivity index (χ2n) is 6.89. The van der Waals surface area contributed by atoms with E-state index in [-0.39, 0.29) is 24.9 Å². The summed E-state index contributed by atoms with van der Waals surface area (Å²) < 4.78 is 5.05. The molecule has 0 radical (unpaired) electrons. The van der Waals surface area contributed by atoms with E-state index in [4.69, 9.17) is 16.3 Å². The van der Waals surface area contributed by atoms with Crippen LogP contribution in [0.25, 0.3) is 11.3 Å². The summed E-state index contributed by atoms with van der Waals surface area (Å²) in [5.41, 5.74) is 4.10. The Morgan fingerprint density at radius 3 is 2.50 bits per heavy atom. The van der Waals surface area contributed by atoms with Crippen molar-refractivity contribution in [2.75, 3.05) is 6.61 Å². The van der Waals surface area contributed by atoms with Crippen molar-refractivity contribution in [3.63, 3.8) is 0 Å². The average Bonchev–Trinajstić information content (AvgIpc) is 2.74. The molecule has 1 aromatic heterocycles. The lowest BCUT2D eigenvalue weighted by Gasteiger charge is -2.19. The van der Waals surface area contributed by atoms with Crippen molar-refractivity contribution in [1.29, 1.82) is 0 Å². The molecule has 30 heavy (non-hydrogen) atoms. The van der Waals surface area contributed by atoms with Gasteiger partial charge in [-0.3, -0.25) is 14.6 Å². The van der Waals surface area contributed by atoms with E-state index in [1.807, 2.05) is 37.3 Å². The molecule has 1 N–H and O–H groups in total. The number of aromatic nitrogens is 1. The molecule has 1 unspecified atom stereocenters. The van der Waals surface area contributed by atoms with Crippen LogP contribution in [-0.2, 0) is 9.53 Å². The molecule has 0 bridgehead atoms. The van der Waals surface area contributed by atoms with Crippen LogP contribution in [0.1, 0.15) is 40.9 Å². The normalized spacial score (nSPS) is 11.6. The van der Waals surface area contributed by atoms with Crippen molar-refractivity contribution < 1.29 is 14.3 Å². The molecule has 1 atom stereocenters. The Morgan fingerprint density at radius 1 is 1.10 bits per heavy atom. The number of nitrogens with zero attached hydrogens (tertiary/aromatic N) is 1. The maximum absolute atomic E-state index is 12.8. The van der Waals surface area contributed by atoms with E-state index in [0.717, 1.165) is 22.4 Å². The van der Waals surface area contributed by atoms with Crippen molar-refractivity contribution in [3.8, 4) is 11.3 Å². The van der Waals surface area contributed by atoms with Gasteiger partial charge >= 0.3 is 5.97 Å². The molecule has 0 fully saturated rings. The zero-order valence-corrected chi connectivity index (χ0v) is 17.6. The number of carbonyl (C=O) groups excluding carboxylic acids is 2. The Kier molecular flexibility index (Phi) is 7.20. The van der Waals surface area contributed by atoms with E-state index in [0.29, 0.717) is 10.6 Å². The van der Waals surface area contributed by atoms with E-state index < -0.39 is 6.04 Å². The largest absolute Gasteiger partial charge is 0.466 e. The summed E-state index contributed by atoms with van der Waals surface area (Å²) in [5.74, 6) is -0.701. The topological polar surface area (TPSA) is 68.3 Å². The summed E-state index contributed by atoms with van der Waals surface area (Å²) in [6.45, 7) is 4.05. The number of nitrogens with one attached hydrogen (secondary N) is 1. The van der Waals surface area contributed by atoms with E-state index in [1.165, 1.54) is 6.20 Å². The molecule has 154 valence electrons. The molecule has 2 aromatic carbocycles. The van der Waals surface area contributed by atoms with Gasteiger partial charge in [0.05, 0.1) is 30.3 Å². The van der Waals surface area contributed by atoms with Gasteiger partial charge in [0.1, 0.15) is 0 Å². The number of amides is 1. The summed E-state index contributed by atoms with van der Waals surface area (Å²) in [4.78, 5) is 29.3. The van der Waals surface area contributed by atoms with E-state index in [1.54, 1.807) is 37.3 Å². The Balaban J connectivity index is 1.77. The number of aryl methyl sites for hydroxylation is 1. The molecule has 0 saturated heterocycles. The molecule has 0 aliphatic heterocycles. The molecule has 1 amide bonds. The fourth-order valence-electron chi connectivity index (χ4n) is 3.08. The van der Waals surface area contributed by atoms with Crippen LogP contribution in [0.5, 0.6) is 0 Å². The molecule has 0 spiro atoms. The first-order valence-corrected chi connectivity index (χ1v) is 10.1. The lowest BCUT2D eigenvalue weighted by Crippen LogP contribution is -2.30.